The van der Waals surface area contributed by atoms with Crippen molar-refractivity contribution in [3.63, 3.8) is 0 Å². The molecule has 4 heteroatoms. The van der Waals surface area contributed by atoms with Crippen molar-refractivity contribution in [2.24, 2.45) is 0 Å². The van der Waals surface area contributed by atoms with Crippen LogP contribution in [-0.2, 0) is 9.53 Å². The van der Waals surface area contributed by atoms with E-state index in [-0.39, 0.29) is 6.61 Å². The van der Waals surface area contributed by atoms with Crippen molar-refractivity contribution in [1.29, 1.82) is 0 Å². The van der Waals surface area contributed by atoms with Gasteiger partial charge in [0.2, 0.25) is 0 Å². The Morgan fingerprint density at radius 3 is 2.16 bits per heavy atom. The fourth-order valence-electron chi connectivity index (χ4n) is 2.29. The van der Waals surface area contributed by atoms with Gasteiger partial charge in [-0.3, -0.25) is 0 Å². The molecule has 0 amide bonds. The first-order valence-corrected chi connectivity index (χ1v) is 9.66. The molecule has 0 spiro atoms. The van der Waals surface area contributed by atoms with E-state index in [2.05, 4.69) is 13.0 Å². The van der Waals surface area contributed by atoms with Gasteiger partial charge in [0.25, 0.3) is 0 Å². The van der Waals surface area contributed by atoms with Crippen LogP contribution in [0.15, 0.2) is 36.5 Å². The minimum Gasteiger partial charge on any atom is -0.460 e. The van der Waals surface area contributed by atoms with Crippen LogP contribution in [0, 0.1) is 0 Å². The zero-order valence-corrected chi connectivity index (χ0v) is 15.7. The summed E-state index contributed by atoms with van der Waals surface area (Å²) in [5.41, 5.74) is 0. The van der Waals surface area contributed by atoms with E-state index in [0.29, 0.717) is 0 Å². The van der Waals surface area contributed by atoms with Gasteiger partial charge in [-0.15, -0.1) is 0 Å². The summed E-state index contributed by atoms with van der Waals surface area (Å²) in [6, 6.07) is 0. The van der Waals surface area contributed by atoms with E-state index < -0.39 is 18.7 Å². The third-order valence-electron chi connectivity index (χ3n) is 3.80. The molecule has 2 N–H and O–H groups in total. The zero-order chi connectivity index (χ0) is 18.6. The molecule has 0 heterocycles. The van der Waals surface area contributed by atoms with Crippen LogP contribution >= 0.6 is 0 Å². The first-order chi connectivity index (χ1) is 12.2. The molecule has 0 aliphatic heterocycles. The lowest BCUT2D eigenvalue weighted by Crippen LogP contribution is -2.21. The zero-order valence-electron chi connectivity index (χ0n) is 15.7. The Labute approximate surface area is 153 Å². The number of aliphatic hydroxyl groups is 2. The molecular formula is C21H36O4. The van der Waals surface area contributed by atoms with Crippen LogP contribution < -0.4 is 0 Å². The Hall–Kier alpha value is -1.39. The van der Waals surface area contributed by atoms with Gasteiger partial charge < -0.3 is 14.9 Å². The summed E-state index contributed by atoms with van der Waals surface area (Å²) in [4.78, 5) is 11.2. The summed E-state index contributed by atoms with van der Waals surface area (Å²) in [5.74, 6) is -0.532. The molecule has 0 saturated heterocycles. The average molecular weight is 353 g/mol. The summed E-state index contributed by atoms with van der Waals surface area (Å²) in [6.07, 6.45) is 22.8. The maximum atomic E-state index is 11.2. The molecular weight excluding hydrogens is 316 g/mol. The molecule has 0 aromatic heterocycles. The van der Waals surface area contributed by atoms with Crippen molar-refractivity contribution < 1.29 is 19.7 Å². The molecule has 0 rings (SSSR count). The largest absolute Gasteiger partial charge is 0.460 e. The van der Waals surface area contributed by atoms with E-state index in [0.717, 1.165) is 6.42 Å². The smallest absolute Gasteiger partial charge is 0.330 e. The summed E-state index contributed by atoms with van der Waals surface area (Å²) >= 11 is 0. The highest BCUT2D eigenvalue weighted by atomic mass is 16.5. The van der Waals surface area contributed by atoms with Gasteiger partial charge in [0.05, 0.1) is 6.61 Å². The number of carbonyl (C=O) groups is 1. The molecule has 0 aromatic rings. The van der Waals surface area contributed by atoms with Gasteiger partial charge in [0, 0.05) is 6.08 Å². The molecule has 0 fully saturated rings. The summed E-state index contributed by atoms with van der Waals surface area (Å²) in [5, 5.41) is 17.6. The van der Waals surface area contributed by atoms with Crippen molar-refractivity contribution in [3.05, 3.63) is 36.5 Å². The Kier molecular flexibility index (Phi) is 17.9. The van der Waals surface area contributed by atoms with Crippen LogP contribution in [0.4, 0.5) is 0 Å². The van der Waals surface area contributed by atoms with E-state index in [1.54, 1.807) is 12.2 Å². The van der Waals surface area contributed by atoms with Gasteiger partial charge in [-0.25, -0.2) is 4.79 Å². The number of hydrogen-bond acceptors (Lipinski definition) is 4. The molecule has 0 radical (unpaired) electrons. The van der Waals surface area contributed by atoms with E-state index in [9.17, 15) is 4.79 Å². The highest BCUT2D eigenvalue weighted by Gasteiger charge is 2.03. The standard InChI is InChI=1S/C21H36O4/c1-2-3-4-5-6-7-8-9-10-11-12-13-14-15-16-17-21(24)25-19-20(23)18-22/h12-17,20,22-23H,2-11,18-19H2,1H3/b13-12+,15-14+,17-16+. The summed E-state index contributed by atoms with van der Waals surface area (Å²) in [6.45, 7) is 1.64. The lowest BCUT2D eigenvalue weighted by Gasteiger charge is -2.05. The summed E-state index contributed by atoms with van der Waals surface area (Å²) in [7, 11) is 0. The minimum atomic E-state index is -1.02. The second kappa shape index (κ2) is 18.9. The topological polar surface area (TPSA) is 66.8 Å². The summed E-state index contributed by atoms with van der Waals surface area (Å²) < 4.78 is 4.73. The number of allylic oxidation sites excluding steroid dienone is 5. The van der Waals surface area contributed by atoms with Crippen LogP contribution in [0.2, 0.25) is 0 Å². The minimum absolute atomic E-state index is 0.192. The maximum Gasteiger partial charge on any atom is 0.330 e. The van der Waals surface area contributed by atoms with E-state index in [1.807, 2.05) is 12.2 Å². The number of unbranched alkanes of at least 4 members (excludes halogenated alkanes) is 9. The third-order valence-corrected chi connectivity index (χ3v) is 3.80. The number of carbonyl (C=O) groups excluding carboxylic acids is 1. The molecule has 0 aromatic carbocycles. The predicted molar refractivity (Wildman–Crippen MR) is 103 cm³/mol. The van der Waals surface area contributed by atoms with Crippen LogP contribution in [0.5, 0.6) is 0 Å². The van der Waals surface area contributed by atoms with Gasteiger partial charge in [0.15, 0.2) is 0 Å². The molecule has 0 saturated carbocycles. The molecule has 0 aliphatic carbocycles. The number of rotatable bonds is 16. The van der Waals surface area contributed by atoms with Gasteiger partial charge in [0.1, 0.15) is 12.7 Å². The lowest BCUT2D eigenvalue weighted by molar-refractivity contribution is -0.141. The molecule has 1 atom stereocenters. The quantitative estimate of drug-likeness (QED) is 0.186. The Morgan fingerprint density at radius 1 is 0.920 bits per heavy atom. The Morgan fingerprint density at radius 2 is 1.52 bits per heavy atom. The molecule has 0 bridgehead atoms. The van der Waals surface area contributed by atoms with E-state index >= 15 is 0 Å². The monoisotopic (exact) mass is 352 g/mol. The normalized spacial score (nSPS) is 13.2. The first-order valence-electron chi connectivity index (χ1n) is 9.66. The molecule has 4 nitrogen and oxygen atoms in total. The van der Waals surface area contributed by atoms with Crippen molar-refractivity contribution in [1.82, 2.24) is 0 Å². The third kappa shape index (κ3) is 18.8. The highest BCUT2D eigenvalue weighted by molar-refractivity contribution is 5.82. The van der Waals surface area contributed by atoms with E-state index in [1.165, 1.54) is 63.9 Å². The highest BCUT2D eigenvalue weighted by Crippen LogP contribution is 2.10. The van der Waals surface area contributed by atoms with Crippen LogP contribution in [0.1, 0.15) is 71.1 Å². The van der Waals surface area contributed by atoms with Crippen LogP contribution in [-0.4, -0.2) is 35.5 Å². The van der Waals surface area contributed by atoms with Gasteiger partial charge >= 0.3 is 5.97 Å². The van der Waals surface area contributed by atoms with Gasteiger partial charge in [-0.2, -0.15) is 0 Å². The number of aliphatic hydroxyl groups excluding tert-OH is 2. The number of hydrogen-bond donors (Lipinski definition) is 2. The van der Waals surface area contributed by atoms with Crippen molar-refractivity contribution in [2.75, 3.05) is 13.2 Å². The maximum absolute atomic E-state index is 11.2. The Bertz CT molecular complexity index is 385. The predicted octanol–water partition coefficient (Wildman–Crippen LogP) is 4.47. The molecule has 25 heavy (non-hydrogen) atoms. The van der Waals surface area contributed by atoms with Gasteiger partial charge in [-0.05, 0) is 12.8 Å². The average Bonchev–Trinajstić information content (AvgIpc) is 2.62. The van der Waals surface area contributed by atoms with E-state index in [4.69, 9.17) is 14.9 Å². The van der Waals surface area contributed by atoms with Crippen LogP contribution in [0.3, 0.4) is 0 Å². The van der Waals surface area contributed by atoms with Crippen molar-refractivity contribution >= 4 is 5.97 Å². The number of esters is 1. The first kappa shape index (κ1) is 23.6. The van der Waals surface area contributed by atoms with Gasteiger partial charge in [-0.1, -0.05) is 88.7 Å². The Balaban J connectivity index is 3.48. The fraction of sp³-hybridized carbons (Fsp3) is 0.667. The second-order valence-electron chi connectivity index (χ2n) is 6.26. The molecule has 1 unspecified atom stereocenters. The number of ether oxygens (including phenoxy) is 1. The molecule has 0 aliphatic rings. The van der Waals surface area contributed by atoms with Crippen molar-refractivity contribution in [3.8, 4) is 0 Å². The molecule has 144 valence electrons. The second-order valence-corrected chi connectivity index (χ2v) is 6.26. The lowest BCUT2D eigenvalue weighted by atomic mass is 10.1. The SMILES string of the molecule is CCCCCCCCCCC/C=C/C=C/C=C/C(=O)OCC(O)CO. The van der Waals surface area contributed by atoms with Crippen molar-refractivity contribution in [2.45, 2.75) is 77.2 Å². The van der Waals surface area contributed by atoms with Crippen LogP contribution in [0.25, 0.3) is 0 Å². The fourth-order valence-corrected chi connectivity index (χ4v) is 2.29.